The number of fused-ring (bicyclic) bond motifs is 5. The van der Waals surface area contributed by atoms with E-state index in [2.05, 4.69) is 52.2 Å². The van der Waals surface area contributed by atoms with Gasteiger partial charge in [-0.3, -0.25) is 0 Å². The Morgan fingerprint density at radius 1 is 1.11 bits per heavy atom. The zero-order chi connectivity index (χ0) is 19.8. The number of hydrogen-bond donors (Lipinski definition) is 0. The molecule has 0 aromatic heterocycles. The van der Waals surface area contributed by atoms with Crippen LogP contribution in [0.3, 0.4) is 0 Å². The van der Waals surface area contributed by atoms with Gasteiger partial charge < -0.3 is 0 Å². The van der Waals surface area contributed by atoms with Crippen molar-refractivity contribution in [2.75, 3.05) is 0 Å². The summed E-state index contributed by atoms with van der Waals surface area (Å²) in [6.07, 6.45) is 18.1. The van der Waals surface area contributed by atoms with E-state index < -0.39 is 0 Å². The Labute approximate surface area is 168 Å². The fourth-order valence-corrected chi connectivity index (χ4v) is 7.02. The molecule has 0 heteroatoms. The Morgan fingerprint density at radius 2 is 1.85 bits per heavy atom. The largest absolute Gasteiger partial charge is 0.0999 e. The molecule has 4 aliphatic rings. The molecule has 6 atom stereocenters. The Hall–Kier alpha value is -1.04. The van der Waals surface area contributed by atoms with Crippen molar-refractivity contribution in [3.8, 4) is 0 Å². The first-order valence-electron chi connectivity index (χ1n) is 11.6. The average molecular weight is 367 g/mol. The minimum atomic E-state index is 0.396. The molecule has 0 aromatic carbocycles. The molecule has 27 heavy (non-hydrogen) atoms. The summed E-state index contributed by atoms with van der Waals surface area (Å²) in [6, 6.07) is 0. The molecule has 4 aliphatic carbocycles. The third kappa shape index (κ3) is 3.32. The summed E-state index contributed by atoms with van der Waals surface area (Å²) in [5.41, 5.74) is 5.31. The zero-order valence-electron chi connectivity index (χ0n) is 18.6. The van der Waals surface area contributed by atoms with Gasteiger partial charge >= 0.3 is 0 Å². The highest BCUT2D eigenvalue weighted by atomic mass is 14.6. The monoisotopic (exact) mass is 366 g/mol. The first-order chi connectivity index (χ1) is 12.9. The van der Waals surface area contributed by atoms with Crippen LogP contribution >= 0.6 is 0 Å². The predicted molar refractivity (Wildman–Crippen MR) is 120 cm³/mol. The fraction of sp³-hybridized carbons (Fsp3) is 0.704. The molecule has 0 nitrogen and oxygen atoms in total. The molecule has 0 radical (unpaired) electrons. The van der Waals surface area contributed by atoms with Gasteiger partial charge in [-0.15, -0.1) is 0 Å². The van der Waals surface area contributed by atoms with Gasteiger partial charge in [0, 0.05) is 0 Å². The third-order valence-electron chi connectivity index (χ3n) is 8.87. The van der Waals surface area contributed by atoms with Gasteiger partial charge in [-0.1, -0.05) is 77.2 Å². The summed E-state index contributed by atoms with van der Waals surface area (Å²) in [5, 5.41) is 0. The Morgan fingerprint density at radius 3 is 2.56 bits per heavy atom. The van der Waals surface area contributed by atoms with Gasteiger partial charge in [-0.2, -0.15) is 0 Å². The van der Waals surface area contributed by atoms with E-state index in [-0.39, 0.29) is 0 Å². The van der Waals surface area contributed by atoms with Crippen molar-refractivity contribution >= 4 is 0 Å². The van der Waals surface area contributed by atoms with Crippen LogP contribution in [0.4, 0.5) is 0 Å². The molecule has 0 amide bonds. The molecule has 0 bridgehead atoms. The lowest BCUT2D eigenvalue weighted by molar-refractivity contribution is -0.0136. The van der Waals surface area contributed by atoms with Gasteiger partial charge in [0.1, 0.15) is 0 Å². The highest BCUT2D eigenvalue weighted by molar-refractivity contribution is 5.41. The molecule has 0 spiro atoms. The van der Waals surface area contributed by atoms with Crippen molar-refractivity contribution in [2.24, 2.45) is 34.5 Å². The van der Waals surface area contributed by atoms with E-state index in [1.54, 1.807) is 5.57 Å². The van der Waals surface area contributed by atoms with Crippen LogP contribution in [0.2, 0.25) is 0 Å². The van der Waals surface area contributed by atoms with Gasteiger partial charge in [0.05, 0.1) is 0 Å². The quantitative estimate of drug-likeness (QED) is 0.441. The lowest BCUT2D eigenvalue weighted by Crippen LogP contribution is -2.48. The Balaban J connectivity index is 0.00000102. The summed E-state index contributed by atoms with van der Waals surface area (Å²) < 4.78 is 0. The highest BCUT2D eigenvalue weighted by Crippen LogP contribution is 2.66. The van der Waals surface area contributed by atoms with Crippen LogP contribution in [-0.4, -0.2) is 0 Å². The van der Waals surface area contributed by atoms with Crippen LogP contribution in [0.25, 0.3) is 0 Å². The van der Waals surface area contributed by atoms with Crippen LogP contribution < -0.4 is 0 Å². The maximum absolute atomic E-state index is 4.33. The predicted octanol–water partition coefficient (Wildman–Crippen LogP) is 8.28. The van der Waals surface area contributed by atoms with Crippen molar-refractivity contribution in [3.05, 3.63) is 48.1 Å². The summed E-state index contributed by atoms with van der Waals surface area (Å²) in [7, 11) is 0. The van der Waals surface area contributed by atoms with Gasteiger partial charge in [0.2, 0.25) is 0 Å². The van der Waals surface area contributed by atoms with Gasteiger partial charge in [-0.25, -0.2) is 0 Å². The normalized spacial score (nSPS) is 42.3. The second-order valence-corrected chi connectivity index (χ2v) is 9.95. The molecule has 0 aromatic rings. The van der Waals surface area contributed by atoms with E-state index in [4.69, 9.17) is 0 Å². The van der Waals surface area contributed by atoms with E-state index in [1.807, 2.05) is 13.8 Å². The number of hydrogen-bond acceptors (Lipinski definition) is 0. The molecule has 0 saturated heterocycles. The van der Waals surface area contributed by atoms with E-state index in [1.165, 1.54) is 56.1 Å². The van der Waals surface area contributed by atoms with E-state index in [9.17, 15) is 0 Å². The highest BCUT2D eigenvalue weighted by Gasteiger charge is 2.57. The van der Waals surface area contributed by atoms with Gasteiger partial charge in [0.15, 0.2) is 0 Å². The molecule has 0 heterocycles. The van der Waals surface area contributed by atoms with Crippen molar-refractivity contribution in [2.45, 2.75) is 86.0 Å². The topological polar surface area (TPSA) is 0 Å². The van der Waals surface area contributed by atoms with Crippen molar-refractivity contribution in [1.82, 2.24) is 0 Å². The van der Waals surface area contributed by atoms with E-state index in [0.717, 1.165) is 30.1 Å². The zero-order valence-corrected chi connectivity index (χ0v) is 18.6. The molecule has 2 fully saturated rings. The molecule has 2 saturated carbocycles. The maximum Gasteiger partial charge on any atom is -0.00382 e. The molecule has 0 aliphatic heterocycles. The average Bonchev–Trinajstić information content (AvgIpc) is 3.00. The summed E-state index contributed by atoms with van der Waals surface area (Å²) in [4.78, 5) is 0. The second-order valence-electron chi connectivity index (χ2n) is 9.95. The first-order valence-corrected chi connectivity index (χ1v) is 11.6. The third-order valence-corrected chi connectivity index (χ3v) is 8.87. The van der Waals surface area contributed by atoms with Crippen LogP contribution in [-0.2, 0) is 0 Å². The molecular weight excluding hydrogens is 324 g/mol. The maximum atomic E-state index is 4.33. The number of allylic oxidation sites excluding steroid dienone is 6. The van der Waals surface area contributed by atoms with Crippen molar-refractivity contribution < 1.29 is 0 Å². The molecular formula is C27H42. The van der Waals surface area contributed by atoms with Crippen LogP contribution in [0.15, 0.2) is 48.1 Å². The molecule has 0 N–H and O–H groups in total. The lowest BCUT2D eigenvalue weighted by atomic mass is 9.48. The number of rotatable bonds is 3. The first kappa shape index (κ1) is 20.7. The van der Waals surface area contributed by atoms with Gasteiger partial charge in [-0.05, 0) is 91.4 Å². The smallest absolute Gasteiger partial charge is 0.00382 e. The summed E-state index contributed by atoms with van der Waals surface area (Å²) in [5.74, 6) is 3.41. The summed E-state index contributed by atoms with van der Waals surface area (Å²) >= 11 is 0. The van der Waals surface area contributed by atoms with Gasteiger partial charge in [0.25, 0.3) is 0 Å². The SMILES string of the molecule is C=C1C=C2C=CC3C(CCC4(C)C(CC(=C)CC)CCC34)C2(C)CC1.CC. The van der Waals surface area contributed by atoms with Crippen molar-refractivity contribution in [3.63, 3.8) is 0 Å². The molecule has 150 valence electrons. The molecule has 6 unspecified atom stereocenters. The lowest BCUT2D eigenvalue weighted by Gasteiger charge is -2.56. The summed E-state index contributed by atoms with van der Waals surface area (Å²) in [6.45, 7) is 20.0. The molecule has 4 rings (SSSR count). The standard InChI is InChI=1S/C25H36.C2H6/c1-6-17(2)15-20-8-10-22-21-9-7-19-16-18(3)11-13-24(19,4)23(21)12-14-25(20,22)5;1-2/h7,9,16,20-23H,2-3,6,8,10-15H2,1,4-5H3;1-2H3. The van der Waals surface area contributed by atoms with E-state index in [0.29, 0.717) is 10.8 Å². The fourth-order valence-electron chi connectivity index (χ4n) is 7.02. The van der Waals surface area contributed by atoms with Crippen LogP contribution in [0.5, 0.6) is 0 Å². The van der Waals surface area contributed by atoms with Crippen LogP contribution in [0, 0.1) is 34.5 Å². The minimum Gasteiger partial charge on any atom is -0.0999 e. The Kier molecular flexibility index (Phi) is 5.95. The minimum absolute atomic E-state index is 0.396. The van der Waals surface area contributed by atoms with E-state index >= 15 is 0 Å². The second kappa shape index (κ2) is 7.76. The Bertz CT molecular complexity index is 647. The van der Waals surface area contributed by atoms with Crippen LogP contribution in [0.1, 0.15) is 86.0 Å². The van der Waals surface area contributed by atoms with Crippen molar-refractivity contribution in [1.29, 1.82) is 0 Å².